The summed E-state index contributed by atoms with van der Waals surface area (Å²) < 4.78 is 0. The van der Waals surface area contributed by atoms with Crippen LogP contribution in [0.15, 0.2) is 6.20 Å². The van der Waals surface area contributed by atoms with Crippen molar-refractivity contribution in [3.63, 3.8) is 0 Å². The van der Waals surface area contributed by atoms with Gasteiger partial charge in [-0.3, -0.25) is 10.1 Å². The molecule has 1 aromatic rings. The lowest BCUT2D eigenvalue weighted by atomic mass is 10.0. The van der Waals surface area contributed by atoms with Crippen LogP contribution >= 0.6 is 0 Å². The maximum atomic E-state index is 11.1. The first-order chi connectivity index (χ1) is 9.99. The average Bonchev–Trinajstić information content (AvgIpc) is 2.44. The zero-order chi connectivity index (χ0) is 15.8. The van der Waals surface area contributed by atoms with Gasteiger partial charge in [0.25, 0.3) is 0 Å². The van der Waals surface area contributed by atoms with Gasteiger partial charge >= 0.3 is 5.69 Å². The molecule has 0 fully saturated rings. The monoisotopic (exact) mass is 297 g/mol. The minimum absolute atomic E-state index is 0.00959. The first-order valence-electron chi connectivity index (χ1n) is 7.12. The van der Waals surface area contributed by atoms with Gasteiger partial charge < -0.3 is 15.7 Å². The van der Waals surface area contributed by atoms with Crippen molar-refractivity contribution in [1.82, 2.24) is 9.97 Å². The van der Waals surface area contributed by atoms with Crippen LogP contribution in [0.25, 0.3) is 0 Å². The molecule has 0 spiro atoms. The topological polar surface area (TPSA) is 113 Å². The summed E-state index contributed by atoms with van der Waals surface area (Å²) >= 11 is 0. The zero-order valence-electron chi connectivity index (χ0n) is 12.7. The van der Waals surface area contributed by atoms with Gasteiger partial charge in [-0.25, -0.2) is 4.98 Å². The zero-order valence-corrected chi connectivity index (χ0v) is 12.7. The number of aliphatic hydroxyl groups excluding tert-OH is 1. The molecule has 0 radical (unpaired) electrons. The van der Waals surface area contributed by atoms with Crippen LogP contribution in [0.3, 0.4) is 0 Å². The largest absolute Gasteiger partial charge is 0.396 e. The lowest BCUT2D eigenvalue weighted by Crippen LogP contribution is -2.28. The first-order valence-corrected chi connectivity index (χ1v) is 7.12. The van der Waals surface area contributed by atoms with Crippen molar-refractivity contribution in [2.45, 2.75) is 39.7 Å². The fourth-order valence-electron chi connectivity index (χ4n) is 1.82. The van der Waals surface area contributed by atoms with Crippen LogP contribution in [0.5, 0.6) is 0 Å². The van der Waals surface area contributed by atoms with Gasteiger partial charge in [0, 0.05) is 19.2 Å². The summed E-state index contributed by atoms with van der Waals surface area (Å²) in [7, 11) is 0. The van der Waals surface area contributed by atoms with E-state index in [1.165, 1.54) is 6.20 Å². The molecule has 1 heterocycles. The highest BCUT2D eigenvalue weighted by atomic mass is 16.6. The van der Waals surface area contributed by atoms with E-state index in [0.29, 0.717) is 18.9 Å². The van der Waals surface area contributed by atoms with Crippen LogP contribution < -0.4 is 10.6 Å². The average molecular weight is 297 g/mol. The molecule has 0 amide bonds. The molecule has 8 heteroatoms. The molecule has 1 rings (SSSR count). The van der Waals surface area contributed by atoms with E-state index in [4.69, 9.17) is 5.11 Å². The Hall–Kier alpha value is -1.96. The molecule has 118 valence electrons. The van der Waals surface area contributed by atoms with E-state index in [-0.39, 0.29) is 30.1 Å². The molecule has 0 aromatic carbocycles. The van der Waals surface area contributed by atoms with Crippen molar-refractivity contribution in [2.24, 2.45) is 5.92 Å². The second kappa shape index (κ2) is 8.35. The molecule has 0 aliphatic carbocycles. The normalized spacial score (nSPS) is 12.2. The van der Waals surface area contributed by atoms with Crippen molar-refractivity contribution in [2.75, 3.05) is 23.8 Å². The number of rotatable bonds is 9. The van der Waals surface area contributed by atoms with Crippen molar-refractivity contribution < 1.29 is 10.0 Å². The van der Waals surface area contributed by atoms with Crippen LogP contribution in [0.1, 0.15) is 33.6 Å². The van der Waals surface area contributed by atoms with E-state index in [1.54, 1.807) is 0 Å². The molecule has 0 saturated heterocycles. The van der Waals surface area contributed by atoms with Crippen LogP contribution in [-0.2, 0) is 0 Å². The van der Waals surface area contributed by atoms with E-state index >= 15 is 0 Å². The van der Waals surface area contributed by atoms with E-state index in [9.17, 15) is 10.1 Å². The summed E-state index contributed by atoms with van der Waals surface area (Å²) in [5, 5.41) is 26.2. The van der Waals surface area contributed by atoms with Gasteiger partial charge in [-0.15, -0.1) is 0 Å². The third kappa shape index (κ3) is 5.14. The summed E-state index contributed by atoms with van der Waals surface area (Å²) in [5.41, 5.74) is -0.166. The summed E-state index contributed by atoms with van der Waals surface area (Å²) in [5.74, 6) is 0.746. The van der Waals surface area contributed by atoms with Gasteiger partial charge in [-0.1, -0.05) is 20.8 Å². The number of aromatic nitrogens is 2. The molecule has 3 N–H and O–H groups in total. The Balaban J connectivity index is 3.01. The SMILES string of the molecule is CCCNc1ncc([N+](=O)[O-])c(NC(CCO)C(C)C)n1. The Morgan fingerprint density at radius 3 is 2.71 bits per heavy atom. The minimum Gasteiger partial charge on any atom is -0.396 e. The van der Waals surface area contributed by atoms with Crippen molar-refractivity contribution >= 4 is 17.5 Å². The summed E-state index contributed by atoms with van der Waals surface area (Å²) in [6.07, 6.45) is 2.60. The Kier molecular flexibility index (Phi) is 6.80. The quantitative estimate of drug-likeness (QED) is 0.472. The fourth-order valence-corrected chi connectivity index (χ4v) is 1.82. The summed E-state index contributed by atoms with van der Waals surface area (Å²) in [6.45, 7) is 6.68. The molecular formula is C13H23N5O3. The highest BCUT2D eigenvalue weighted by Crippen LogP contribution is 2.24. The smallest absolute Gasteiger partial charge is 0.329 e. The number of nitro groups is 1. The molecule has 8 nitrogen and oxygen atoms in total. The van der Waals surface area contributed by atoms with Gasteiger partial charge in [-0.05, 0) is 18.8 Å². The number of aliphatic hydroxyl groups is 1. The predicted octanol–water partition coefficient (Wildman–Crippen LogP) is 2.03. The number of nitrogens with one attached hydrogen (secondary N) is 2. The molecule has 1 atom stereocenters. The highest BCUT2D eigenvalue weighted by molar-refractivity contribution is 5.57. The van der Waals surface area contributed by atoms with E-state index in [2.05, 4.69) is 20.6 Å². The van der Waals surface area contributed by atoms with Crippen LogP contribution in [0.4, 0.5) is 17.5 Å². The van der Waals surface area contributed by atoms with Crippen LogP contribution in [-0.4, -0.2) is 39.2 Å². The maximum absolute atomic E-state index is 11.1. The molecule has 0 aliphatic heterocycles. The Labute approximate surface area is 124 Å². The third-order valence-corrected chi connectivity index (χ3v) is 3.07. The number of anilines is 2. The molecule has 0 bridgehead atoms. The van der Waals surface area contributed by atoms with Crippen LogP contribution in [0, 0.1) is 16.0 Å². The summed E-state index contributed by atoms with van der Waals surface area (Å²) in [6, 6.07) is -0.0948. The fraction of sp³-hybridized carbons (Fsp3) is 0.692. The number of hydrogen-bond donors (Lipinski definition) is 3. The number of nitrogens with zero attached hydrogens (tertiary/aromatic N) is 3. The Bertz CT molecular complexity index is 467. The number of hydrogen-bond acceptors (Lipinski definition) is 7. The molecule has 0 saturated carbocycles. The predicted molar refractivity (Wildman–Crippen MR) is 81.4 cm³/mol. The molecule has 21 heavy (non-hydrogen) atoms. The second-order valence-corrected chi connectivity index (χ2v) is 5.12. The second-order valence-electron chi connectivity index (χ2n) is 5.12. The van der Waals surface area contributed by atoms with E-state index in [0.717, 1.165) is 6.42 Å². The standard InChI is InChI=1S/C13H23N5O3/c1-4-6-14-13-15-8-11(18(20)21)12(17-13)16-10(5-7-19)9(2)3/h8-10,19H,4-7H2,1-3H3,(H2,14,15,16,17). The van der Waals surface area contributed by atoms with Crippen molar-refractivity contribution in [3.8, 4) is 0 Å². The van der Waals surface area contributed by atoms with E-state index in [1.807, 2.05) is 20.8 Å². The lowest BCUT2D eigenvalue weighted by molar-refractivity contribution is -0.384. The molecular weight excluding hydrogens is 274 g/mol. The van der Waals surface area contributed by atoms with Gasteiger partial charge in [0.15, 0.2) is 0 Å². The van der Waals surface area contributed by atoms with Gasteiger partial charge in [-0.2, -0.15) is 4.98 Å². The van der Waals surface area contributed by atoms with Crippen molar-refractivity contribution in [3.05, 3.63) is 16.3 Å². The maximum Gasteiger partial charge on any atom is 0.329 e. The van der Waals surface area contributed by atoms with E-state index < -0.39 is 4.92 Å². The highest BCUT2D eigenvalue weighted by Gasteiger charge is 2.21. The minimum atomic E-state index is -0.512. The van der Waals surface area contributed by atoms with Gasteiger partial charge in [0.05, 0.1) is 4.92 Å². The van der Waals surface area contributed by atoms with Gasteiger partial charge in [0.1, 0.15) is 6.20 Å². The molecule has 1 unspecified atom stereocenters. The first kappa shape index (κ1) is 17.1. The Morgan fingerprint density at radius 2 is 2.19 bits per heavy atom. The van der Waals surface area contributed by atoms with Crippen molar-refractivity contribution in [1.29, 1.82) is 0 Å². The summed E-state index contributed by atoms with van der Waals surface area (Å²) in [4.78, 5) is 18.7. The molecule has 0 aliphatic rings. The third-order valence-electron chi connectivity index (χ3n) is 3.07. The molecule has 1 aromatic heterocycles. The Morgan fingerprint density at radius 1 is 1.48 bits per heavy atom. The lowest BCUT2D eigenvalue weighted by Gasteiger charge is -2.22. The van der Waals surface area contributed by atoms with Crippen LogP contribution in [0.2, 0.25) is 0 Å². The van der Waals surface area contributed by atoms with Gasteiger partial charge in [0.2, 0.25) is 11.8 Å².